The van der Waals surface area contributed by atoms with E-state index in [4.69, 9.17) is 0 Å². The summed E-state index contributed by atoms with van der Waals surface area (Å²) < 4.78 is 0. The lowest BCUT2D eigenvalue weighted by atomic mass is 9.78. The van der Waals surface area contributed by atoms with E-state index in [1.165, 1.54) is 16.7 Å². The van der Waals surface area contributed by atoms with Crippen LogP contribution in [0.5, 0.6) is 0 Å². The van der Waals surface area contributed by atoms with Crippen molar-refractivity contribution >= 4 is 11.4 Å². The second-order valence-electron chi connectivity index (χ2n) is 7.01. The van der Waals surface area contributed by atoms with Crippen LogP contribution < -0.4 is 15.5 Å². The van der Waals surface area contributed by atoms with Gasteiger partial charge in [0.25, 0.3) is 0 Å². The van der Waals surface area contributed by atoms with Gasteiger partial charge in [0.05, 0.1) is 13.1 Å². The van der Waals surface area contributed by atoms with Crippen LogP contribution in [0, 0.1) is 17.0 Å². The van der Waals surface area contributed by atoms with Crippen LogP contribution in [-0.2, 0) is 0 Å². The molecule has 2 aliphatic heterocycles. The summed E-state index contributed by atoms with van der Waals surface area (Å²) in [7, 11) is 0. The summed E-state index contributed by atoms with van der Waals surface area (Å²) >= 11 is 0. The van der Waals surface area contributed by atoms with Crippen LogP contribution in [0.15, 0.2) is 23.9 Å². The zero-order valence-electron chi connectivity index (χ0n) is 14.4. The number of anilines is 1. The molecule has 2 aliphatic rings. The largest absolute Gasteiger partial charge is 0.634 e. The predicted molar refractivity (Wildman–Crippen MR) is 93.8 cm³/mol. The van der Waals surface area contributed by atoms with E-state index in [-0.39, 0.29) is 0 Å². The minimum Gasteiger partial charge on any atom is -0.634 e. The number of pyridine rings is 1. The summed E-state index contributed by atoms with van der Waals surface area (Å²) in [6.07, 6.45) is 4.16. The fourth-order valence-electron chi connectivity index (χ4n) is 3.72. The van der Waals surface area contributed by atoms with Gasteiger partial charge in [0.1, 0.15) is 6.54 Å². The van der Waals surface area contributed by atoms with Crippen LogP contribution in [0.1, 0.15) is 39.2 Å². The van der Waals surface area contributed by atoms with Gasteiger partial charge >= 0.3 is 0 Å². The van der Waals surface area contributed by atoms with E-state index >= 15 is 0 Å². The van der Waals surface area contributed by atoms with Crippen LogP contribution in [0.3, 0.4) is 0 Å². The summed E-state index contributed by atoms with van der Waals surface area (Å²) in [5, 5.41) is 14.7. The van der Waals surface area contributed by atoms with Crippen molar-refractivity contribution in [2.24, 2.45) is 11.8 Å². The SMILES string of the molecule is CCCCNN1CC2=C(c3cccnc31)C(C(C)C)C[NH+]([O-])C2. The standard InChI is InChI=1S/C18H28N4O/c1-4-5-9-20-22-11-14-10-21(23)12-16(13(2)3)17(14)15-7-6-8-19-18(15)22/h6-8,13,16,20-21H,4-5,9-12H2,1-3H3. The molecule has 0 bridgehead atoms. The minimum atomic E-state index is 0.326. The minimum absolute atomic E-state index is 0.326. The number of hydrogen-bond acceptors (Lipinski definition) is 4. The fraction of sp³-hybridized carbons (Fsp3) is 0.611. The number of aromatic nitrogens is 1. The number of hydrogen-bond donors (Lipinski definition) is 2. The summed E-state index contributed by atoms with van der Waals surface area (Å²) in [5.41, 5.74) is 7.38. The molecule has 2 atom stereocenters. The molecule has 0 fully saturated rings. The molecule has 1 aromatic rings. The third-order valence-corrected chi connectivity index (χ3v) is 4.93. The molecule has 0 amide bonds. The Bertz CT molecular complexity index is 584. The maximum absolute atomic E-state index is 12.2. The molecular weight excluding hydrogens is 288 g/mol. The Morgan fingerprint density at radius 3 is 3.04 bits per heavy atom. The molecule has 0 aliphatic carbocycles. The number of hydroxylamine groups is 2. The molecular formula is C18H28N4O. The fourth-order valence-corrected chi connectivity index (χ4v) is 3.72. The molecule has 0 radical (unpaired) electrons. The molecule has 0 saturated heterocycles. The van der Waals surface area contributed by atoms with Crippen molar-refractivity contribution in [1.82, 2.24) is 10.4 Å². The quantitative estimate of drug-likeness (QED) is 0.640. The van der Waals surface area contributed by atoms with Crippen molar-refractivity contribution in [3.63, 3.8) is 0 Å². The maximum Gasteiger partial charge on any atom is 0.150 e. The Balaban J connectivity index is 1.97. The first-order valence-corrected chi connectivity index (χ1v) is 8.81. The molecule has 5 heteroatoms. The number of fused-ring (bicyclic) bond motifs is 2. The molecule has 2 unspecified atom stereocenters. The van der Waals surface area contributed by atoms with E-state index in [1.807, 2.05) is 12.3 Å². The highest BCUT2D eigenvalue weighted by Crippen LogP contribution is 2.40. The number of nitrogens with zero attached hydrogens (tertiary/aromatic N) is 2. The summed E-state index contributed by atoms with van der Waals surface area (Å²) in [6.45, 7) is 9.62. The van der Waals surface area contributed by atoms with Crippen molar-refractivity contribution in [3.05, 3.63) is 34.7 Å². The number of rotatable bonds is 5. The van der Waals surface area contributed by atoms with Gasteiger partial charge < -0.3 is 10.3 Å². The zero-order chi connectivity index (χ0) is 16.4. The van der Waals surface area contributed by atoms with Crippen molar-refractivity contribution < 1.29 is 5.06 Å². The van der Waals surface area contributed by atoms with Gasteiger partial charge in [-0.15, -0.1) is 0 Å². The third-order valence-electron chi connectivity index (χ3n) is 4.93. The number of unbranched alkanes of at least 4 members (excludes halogenated alkanes) is 1. The van der Waals surface area contributed by atoms with Gasteiger partial charge in [-0.3, -0.25) is 5.01 Å². The van der Waals surface area contributed by atoms with E-state index < -0.39 is 0 Å². The molecule has 126 valence electrons. The van der Waals surface area contributed by atoms with Gasteiger partial charge in [-0.1, -0.05) is 27.2 Å². The maximum atomic E-state index is 12.2. The van der Waals surface area contributed by atoms with E-state index in [0.717, 1.165) is 31.7 Å². The van der Waals surface area contributed by atoms with Crippen LogP contribution in [-0.4, -0.2) is 31.2 Å². The second kappa shape index (κ2) is 6.99. The van der Waals surface area contributed by atoms with Gasteiger partial charge in [-0.2, -0.15) is 0 Å². The smallest absolute Gasteiger partial charge is 0.150 e. The highest BCUT2D eigenvalue weighted by Gasteiger charge is 2.36. The molecule has 0 aromatic carbocycles. The first-order chi connectivity index (χ1) is 11.1. The topological polar surface area (TPSA) is 55.7 Å². The average molecular weight is 316 g/mol. The predicted octanol–water partition coefficient (Wildman–Crippen LogP) is 1.63. The van der Waals surface area contributed by atoms with Crippen LogP contribution >= 0.6 is 0 Å². The monoisotopic (exact) mass is 316 g/mol. The van der Waals surface area contributed by atoms with Crippen LogP contribution in [0.2, 0.25) is 0 Å². The molecule has 3 rings (SSSR count). The molecule has 23 heavy (non-hydrogen) atoms. The van der Waals surface area contributed by atoms with Crippen LogP contribution in [0.4, 0.5) is 5.82 Å². The van der Waals surface area contributed by atoms with Gasteiger partial charge in [0.2, 0.25) is 0 Å². The Labute approximate surface area is 138 Å². The zero-order valence-corrected chi connectivity index (χ0v) is 14.4. The van der Waals surface area contributed by atoms with Crippen molar-refractivity contribution in [3.8, 4) is 0 Å². The number of quaternary nitrogens is 1. The molecule has 5 nitrogen and oxygen atoms in total. The number of nitrogens with one attached hydrogen (secondary N) is 2. The second-order valence-corrected chi connectivity index (χ2v) is 7.01. The number of hydrazine groups is 1. The van der Waals surface area contributed by atoms with Gasteiger partial charge in [0.15, 0.2) is 5.82 Å². The van der Waals surface area contributed by atoms with Gasteiger partial charge in [0, 0.05) is 29.8 Å². The Kier molecular flexibility index (Phi) is 4.99. The lowest BCUT2D eigenvalue weighted by Gasteiger charge is -2.43. The summed E-state index contributed by atoms with van der Waals surface area (Å²) in [5.74, 6) is 1.81. The Morgan fingerprint density at radius 2 is 2.30 bits per heavy atom. The van der Waals surface area contributed by atoms with Gasteiger partial charge in [-0.05, 0) is 30.0 Å². The van der Waals surface area contributed by atoms with E-state index in [0.29, 0.717) is 30.0 Å². The first-order valence-electron chi connectivity index (χ1n) is 8.81. The molecule has 0 spiro atoms. The lowest BCUT2D eigenvalue weighted by Crippen LogP contribution is -3.09. The molecule has 2 N–H and O–H groups in total. The summed E-state index contributed by atoms with van der Waals surface area (Å²) in [6, 6.07) is 4.17. The van der Waals surface area contributed by atoms with Crippen LogP contribution in [0.25, 0.3) is 5.57 Å². The van der Waals surface area contributed by atoms with E-state index in [2.05, 4.69) is 42.3 Å². The van der Waals surface area contributed by atoms with Crippen molar-refractivity contribution in [2.45, 2.75) is 33.6 Å². The first kappa shape index (κ1) is 16.4. The summed E-state index contributed by atoms with van der Waals surface area (Å²) in [4.78, 5) is 4.63. The van der Waals surface area contributed by atoms with E-state index in [9.17, 15) is 5.21 Å². The Morgan fingerprint density at radius 1 is 1.48 bits per heavy atom. The highest BCUT2D eigenvalue weighted by molar-refractivity contribution is 5.82. The Hall–Kier alpha value is -1.43. The molecule has 3 heterocycles. The van der Waals surface area contributed by atoms with Gasteiger partial charge in [-0.25, -0.2) is 10.4 Å². The lowest BCUT2D eigenvalue weighted by molar-refractivity contribution is -0.848. The average Bonchev–Trinajstić information content (AvgIpc) is 2.54. The van der Waals surface area contributed by atoms with Crippen molar-refractivity contribution in [1.29, 1.82) is 0 Å². The molecule has 1 aromatic heterocycles. The molecule has 0 saturated carbocycles. The highest BCUT2D eigenvalue weighted by atomic mass is 16.5. The van der Waals surface area contributed by atoms with E-state index in [1.54, 1.807) is 0 Å². The van der Waals surface area contributed by atoms with Crippen molar-refractivity contribution in [2.75, 3.05) is 31.2 Å². The third kappa shape index (κ3) is 3.27. The normalized spacial score (nSPS) is 24.0.